The molecule has 90 valence electrons. The number of ether oxygens (including phenoxy) is 1. The largest absolute Gasteiger partial charge is 0.375 e. The Kier molecular flexibility index (Phi) is 3.80. The molecule has 3 heteroatoms. The van der Waals surface area contributed by atoms with Crippen LogP contribution < -0.4 is 5.73 Å². The molecule has 0 radical (unpaired) electrons. The fraction of sp³-hybridized carbons (Fsp3) is 1.00. The van der Waals surface area contributed by atoms with Crippen molar-refractivity contribution in [1.29, 1.82) is 0 Å². The van der Waals surface area contributed by atoms with Gasteiger partial charge < -0.3 is 10.5 Å². The Labute approximate surface area is 94.0 Å². The molecule has 1 aliphatic heterocycles. The maximum Gasteiger partial charge on any atom is 0.0750 e. The van der Waals surface area contributed by atoms with Crippen LogP contribution >= 0.6 is 0 Å². The summed E-state index contributed by atoms with van der Waals surface area (Å²) in [6, 6.07) is 0. The minimum Gasteiger partial charge on any atom is -0.375 e. The van der Waals surface area contributed by atoms with E-state index in [4.69, 9.17) is 10.5 Å². The maximum atomic E-state index is 6.04. The summed E-state index contributed by atoms with van der Waals surface area (Å²) >= 11 is 0. The Balaban J connectivity index is 2.50. The second-order valence-electron chi connectivity index (χ2n) is 6.45. The van der Waals surface area contributed by atoms with Gasteiger partial charge in [0.05, 0.1) is 12.7 Å². The first-order valence-corrected chi connectivity index (χ1v) is 5.81. The van der Waals surface area contributed by atoms with Crippen LogP contribution in [0.25, 0.3) is 0 Å². The second-order valence-corrected chi connectivity index (χ2v) is 6.45. The van der Waals surface area contributed by atoms with E-state index in [1.54, 1.807) is 0 Å². The predicted molar refractivity (Wildman–Crippen MR) is 63.9 cm³/mol. The van der Waals surface area contributed by atoms with Crippen LogP contribution in [-0.4, -0.2) is 42.8 Å². The summed E-state index contributed by atoms with van der Waals surface area (Å²) < 4.78 is 5.80. The average molecular weight is 214 g/mol. The molecule has 0 amide bonds. The number of hydrogen-bond acceptors (Lipinski definition) is 3. The quantitative estimate of drug-likeness (QED) is 0.756. The van der Waals surface area contributed by atoms with Crippen LogP contribution in [0.3, 0.4) is 0 Å². The van der Waals surface area contributed by atoms with Crippen molar-refractivity contribution in [3.8, 4) is 0 Å². The van der Waals surface area contributed by atoms with Gasteiger partial charge in [0, 0.05) is 25.2 Å². The number of nitrogens with zero attached hydrogens (tertiary/aromatic N) is 1. The molecule has 0 spiro atoms. The van der Waals surface area contributed by atoms with Gasteiger partial charge in [0.1, 0.15) is 0 Å². The van der Waals surface area contributed by atoms with Gasteiger partial charge in [-0.2, -0.15) is 0 Å². The summed E-state index contributed by atoms with van der Waals surface area (Å²) in [6.07, 6.45) is 0.327. The molecule has 1 atom stereocenters. The third-order valence-electron chi connectivity index (χ3n) is 2.75. The number of rotatable bonds is 2. The molecular weight excluding hydrogens is 188 g/mol. The van der Waals surface area contributed by atoms with Crippen LogP contribution in [0.5, 0.6) is 0 Å². The zero-order valence-electron chi connectivity index (χ0n) is 10.8. The van der Waals surface area contributed by atoms with E-state index in [1.807, 2.05) is 0 Å². The van der Waals surface area contributed by atoms with E-state index in [0.717, 1.165) is 26.2 Å². The Morgan fingerprint density at radius 1 is 1.27 bits per heavy atom. The van der Waals surface area contributed by atoms with Gasteiger partial charge in [-0.3, -0.25) is 4.90 Å². The lowest BCUT2D eigenvalue weighted by molar-refractivity contribution is -0.0824. The van der Waals surface area contributed by atoms with E-state index < -0.39 is 0 Å². The van der Waals surface area contributed by atoms with Gasteiger partial charge in [-0.05, 0) is 19.3 Å². The zero-order chi connectivity index (χ0) is 11.7. The number of morpholine rings is 1. The topological polar surface area (TPSA) is 38.5 Å². The summed E-state index contributed by atoms with van der Waals surface area (Å²) in [5.41, 5.74) is 6.15. The molecule has 1 unspecified atom stereocenters. The van der Waals surface area contributed by atoms with Crippen molar-refractivity contribution < 1.29 is 4.74 Å². The van der Waals surface area contributed by atoms with Crippen LogP contribution in [0.1, 0.15) is 34.6 Å². The van der Waals surface area contributed by atoms with Crippen LogP contribution in [-0.2, 0) is 4.74 Å². The predicted octanol–water partition coefficient (Wildman–Crippen LogP) is 1.47. The standard InChI is InChI=1S/C12H26N2O/c1-11(2,3)10-8-14(6-7-15-10)9-12(4,5)13/h10H,6-9,13H2,1-5H3. The molecule has 0 bridgehead atoms. The van der Waals surface area contributed by atoms with Crippen molar-refractivity contribution in [3.05, 3.63) is 0 Å². The SMILES string of the molecule is CC(C)(N)CN1CCOC(C(C)(C)C)C1. The molecule has 0 aromatic carbocycles. The van der Waals surface area contributed by atoms with Crippen molar-refractivity contribution in [1.82, 2.24) is 4.90 Å². The molecule has 1 fully saturated rings. The Bertz CT molecular complexity index is 203. The molecule has 1 aliphatic rings. The lowest BCUT2D eigenvalue weighted by Crippen LogP contribution is -2.53. The normalized spacial score (nSPS) is 25.6. The smallest absolute Gasteiger partial charge is 0.0750 e. The minimum atomic E-state index is -0.111. The molecule has 1 rings (SSSR count). The van der Waals surface area contributed by atoms with Crippen LogP contribution in [0.4, 0.5) is 0 Å². The fourth-order valence-electron chi connectivity index (χ4n) is 1.95. The van der Waals surface area contributed by atoms with Crippen molar-refractivity contribution in [2.45, 2.75) is 46.3 Å². The summed E-state index contributed by atoms with van der Waals surface area (Å²) in [6.45, 7) is 14.6. The van der Waals surface area contributed by atoms with Gasteiger partial charge in [-0.15, -0.1) is 0 Å². The minimum absolute atomic E-state index is 0.111. The summed E-state index contributed by atoms with van der Waals surface area (Å²) in [5.74, 6) is 0. The maximum absolute atomic E-state index is 6.04. The average Bonchev–Trinajstić information content (AvgIpc) is 1.99. The third kappa shape index (κ3) is 4.49. The second kappa shape index (κ2) is 4.40. The van der Waals surface area contributed by atoms with Crippen molar-refractivity contribution in [2.75, 3.05) is 26.2 Å². The molecule has 1 heterocycles. The Hall–Kier alpha value is -0.120. The van der Waals surface area contributed by atoms with E-state index in [9.17, 15) is 0 Å². The van der Waals surface area contributed by atoms with Crippen LogP contribution in [0, 0.1) is 5.41 Å². The molecule has 3 nitrogen and oxygen atoms in total. The molecule has 0 saturated carbocycles. The van der Waals surface area contributed by atoms with Crippen LogP contribution in [0.15, 0.2) is 0 Å². The third-order valence-corrected chi connectivity index (χ3v) is 2.75. The molecule has 2 N–H and O–H groups in total. The van der Waals surface area contributed by atoms with Gasteiger partial charge in [-0.1, -0.05) is 20.8 Å². The highest BCUT2D eigenvalue weighted by Gasteiger charge is 2.31. The van der Waals surface area contributed by atoms with Gasteiger partial charge >= 0.3 is 0 Å². The fourth-order valence-corrected chi connectivity index (χ4v) is 1.95. The van der Waals surface area contributed by atoms with Gasteiger partial charge in [0.25, 0.3) is 0 Å². The summed E-state index contributed by atoms with van der Waals surface area (Å²) in [5, 5.41) is 0. The highest BCUT2D eigenvalue weighted by molar-refractivity contribution is 4.85. The highest BCUT2D eigenvalue weighted by Crippen LogP contribution is 2.25. The Morgan fingerprint density at radius 2 is 1.87 bits per heavy atom. The molecular formula is C12H26N2O. The first-order chi connectivity index (χ1) is 6.68. The monoisotopic (exact) mass is 214 g/mol. The highest BCUT2D eigenvalue weighted by atomic mass is 16.5. The first-order valence-electron chi connectivity index (χ1n) is 5.81. The van der Waals surface area contributed by atoms with Crippen molar-refractivity contribution >= 4 is 0 Å². The van der Waals surface area contributed by atoms with E-state index in [2.05, 4.69) is 39.5 Å². The van der Waals surface area contributed by atoms with E-state index in [0.29, 0.717) is 6.10 Å². The lowest BCUT2D eigenvalue weighted by Gasteiger charge is -2.41. The first kappa shape index (κ1) is 12.9. The van der Waals surface area contributed by atoms with E-state index in [-0.39, 0.29) is 11.0 Å². The summed E-state index contributed by atoms with van der Waals surface area (Å²) in [7, 11) is 0. The van der Waals surface area contributed by atoms with Crippen molar-refractivity contribution in [2.24, 2.45) is 11.1 Å². The number of hydrogen-bond donors (Lipinski definition) is 1. The molecule has 0 aromatic rings. The lowest BCUT2D eigenvalue weighted by atomic mass is 9.87. The van der Waals surface area contributed by atoms with E-state index >= 15 is 0 Å². The van der Waals surface area contributed by atoms with Gasteiger partial charge in [0.2, 0.25) is 0 Å². The molecule has 1 saturated heterocycles. The van der Waals surface area contributed by atoms with E-state index in [1.165, 1.54) is 0 Å². The zero-order valence-corrected chi connectivity index (χ0v) is 10.8. The Morgan fingerprint density at radius 3 is 2.33 bits per heavy atom. The number of nitrogens with two attached hydrogens (primary N) is 1. The summed E-state index contributed by atoms with van der Waals surface area (Å²) in [4.78, 5) is 2.42. The molecule has 15 heavy (non-hydrogen) atoms. The van der Waals surface area contributed by atoms with Gasteiger partial charge in [0.15, 0.2) is 0 Å². The molecule has 0 aromatic heterocycles. The molecule has 0 aliphatic carbocycles. The van der Waals surface area contributed by atoms with Crippen molar-refractivity contribution in [3.63, 3.8) is 0 Å². The van der Waals surface area contributed by atoms with Gasteiger partial charge in [-0.25, -0.2) is 0 Å². The van der Waals surface area contributed by atoms with Crippen LogP contribution in [0.2, 0.25) is 0 Å².